The van der Waals surface area contributed by atoms with Crippen LogP contribution in [0.4, 0.5) is 0 Å². The highest BCUT2D eigenvalue weighted by atomic mass is 32.1. The molecule has 0 aliphatic carbocycles. The summed E-state index contributed by atoms with van der Waals surface area (Å²) in [6.45, 7) is 2.63. The van der Waals surface area contributed by atoms with E-state index in [0.29, 0.717) is 11.4 Å². The Morgan fingerprint density at radius 2 is 2.15 bits per heavy atom. The number of amides is 1. The first-order valence-corrected chi connectivity index (χ1v) is 10.6. The summed E-state index contributed by atoms with van der Waals surface area (Å²) in [6.07, 6.45) is 7.04. The molecule has 4 heterocycles. The van der Waals surface area contributed by atoms with Crippen LogP contribution >= 0.6 is 22.7 Å². The summed E-state index contributed by atoms with van der Waals surface area (Å²) in [6, 6.07) is 8.00. The summed E-state index contributed by atoms with van der Waals surface area (Å²) < 4.78 is 5.64. The molecule has 1 N–H and O–H groups in total. The first-order chi connectivity index (χ1) is 12.8. The third kappa shape index (κ3) is 3.90. The zero-order valence-corrected chi connectivity index (χ0v) is 16.0. The van der Waals surface area contributed by atoms with E-state index in [1.165, 1.54) is 30.6 Å². The van der Waals surface area contributed by atoms with Gasteiger partial charge in [0.2, 0.25) is 0 Å². The van der Waals surface area contributed by atoms with Crippen LogP contribution in [0.5, 0.6) is 0 Å². The lowest BCUT2D eigenvalue weighted by atomic mass is 10.1. The second kappa shape index (κ2) is 8.16. The summed E-state index contributed by atoms with van der Waals surface area (Å²) in [5, 5.41) is 5.99. The Morgan fingerprint density at radius 1 is 1.27 bits per heavy atom. The van der Waals surface area contributed by atoms with Crippen molar-refractivity contribution in [3.8, 4) is 9.88 Å². The third-order valence-corrected chi connectivity index (χ3v) is 6.66. The highest BCUT2D eigenvalue weighted by molar-refractivity contribution is 7.21. The molecule has 1 aliphatic rings. The number of hydrogen-bond donors (Lipinski definition) is 1. The molecule has 0 saturated carbocycles. The summed E-state index contributed by atoms with van der Waals surface area (Å²) in [5.74, 6) is 0.842. The molecule has 0 bridgehead atoms. The number of piperidine rings is 1. The number of carbonyl (C=O) groups is 1. The van der Waals surface area contributed by atoms with Gasteiger partial charge < -0.3 is 9.73 Å². The highest BCUT2D eigenvalue weighted by Gasteiger charge is 2.25. The quantitative estimate of drug-likeness (QED) is 0.680. The first-order valence-electron chi connectivity index (χ1n) is 8.86. The van der Waals surface area contributed by atoms with Gasteiger partial charge in [-0.05, 0) is 49.5 Å². The predicted molar refractivity (Wildman–Crippen MR) is 105 cm³/mol. The molecule has 1 unspecified atom stereocenters. The number of furan rings is 1. The second-order valence-electron chi connectivity index (χ2n) is 6.34. The standard InChI is InChI=1S/C19H21N3O2S2/c23-18(17-13-21-19(26-17)16-7-5-11-25-16)20-12-14(15-6-4-10-24-15)22-8-2-1-3-9-22/h4-7,10-11,13-14H,1-3,8-9,12H2,(H,20,23). The van der Waals surface area contributed by atoms with Crippen molar-refractivity contribution in [2.45, 2.75) is 25.3 Å². The molecule has 0 aromatic carbocycles. The van der Waals surface area contributed by atoms with E-state index in [1.54, 1.807) is 23.8 Å². The molecule has 0 radical (unpaired) electrons. The van der Waals surface area contributed by atoms with Crippen LogP contribution < -0.4 is 5.32 Å². The second-order valence-corrected chi connectivity index (χ2v) is 8.32. The van der Waals surface area contributed by atoms with E-state index in [0.717, 1.165) is 28.7 Å². The van der Waals surface area contributed by atoms with E-state index in [1.807, 2.05) is 29.6 Å². The lowest BCUT2D eigenvalue weighted by Gasteiger charge is -2.33. The molecule has 4 rings (SSSR count). The van der Waals surface area contributed by atoms with Crippen molar-refractivity contribution in [1.29, 1.82) is 0 Å². The molecular weight excluding hydrogens is 366 g/mol. The van der Waals surface area contributed by atoms with E-state index in [-0.39, 0.29) is 11.9 Å². The van der Waals surface area contributed by atoms with Gasteiger partial charge in [0.25, 0.3) is 5.91 Å². The molecular formula is C19H21N3O2S2. The average molecular weight is 388 g/mol. The summed E-state index contributed by atoms with van der Waals surface area (Å²) >= 11 is 3.07. The average Bonchev–Trinajstić information content (AvgIpc) is 3.43. The topological polar surface area (TPSA) is 58.4 Å². The number of thiophene rings is 1. The van der Waals surface area contributed by atoms with Crippen molar-refractivity contribution < 1.29 is 9.21 Å². The molecule has 136 valence electrons. The van der Waals surface area contributed by atoms with Gasteiger partial charge >= 0.3 is 0 Å². The minimum absolute atomic E-state index is 0.0705. The van der Waals surface area contributed by atoms with E-state index in [2.05, 4.69) is 15.2 Å². The molecule has 0 spiro atoms. The molecule has 1 saturated heterocycles. The zero-order valence-electron chi connectivity index (χ0n) is 14.4. The van der Waals surface area contributed by atoms with Gasteiger partial charge in [-0.2, -0.15) is 0 Å². The molecule has 1 aliphatic heterocycles. The Labute approximate surface area is 160 Å². The fraction of sp³-hybridized carbons (Fsp3) is 0.368. The minimum Gasteiger partial charge on any atom is -0.468 e. The van der Waals surface area contributed by atoms with Crippen LogP contribution in [0.3, 0.4) is 0 Å². The fourth-order valence-corrected chi connectivity index (χ4v) is 4.93. The van der Waals surface area contributed by atoms with Crippen LogP contribution in [0.1, 0.15) is 40.7 Å². The van der Waals surface area contributed by atoms with Gasteiger partial charge in [-0.3, -0.25) is 9.69 Å². The van der Waals surface area contributed by atoms with Crippen molar-refractivity contribution in [3.63, 3.8) is 0 Å². The number of thiazole rings is 1. The van der Waals surface area contributed by atoms with E-state index >= 15 is 0 Å². The summed E-state index contributed by atoms with van der Waals surface area (Å²) in [7, 11) is 0. The maximum Gasteiger partial charge on any atom is 0.263 e. The zero-order chi connectivity index (χ0) is 17.8. The van der Waals surface area contributed by atoms with Crippen LogP contribution in [-0.4, -0.2) is 35.4 Å². The van der Waals surface area contributed by atoms with Crippen LogP contribution in [-0.2, 0) is 0 Å². The summed E-state index contributed by atoms with van der Waals surface area (Å²) in [4.78, 5) is 21.1. The number of rotatable bonds is 6. The van der Waals surface area contributed by atoms with E-state index in [4.69, 9.17) is 4.42 Å². The van der Waals surface area contributed by atoms with Gasteiger partial charge in [0.1, 0.15) is 15.6 Å². The monoisotopic (exact) mass is 387 g/mol. The molecule has 3 aromatic heterocycles. The number of carbonyl (C=O) groups excluding carboxylic acids is 1. The van der Waals surface area contributed by atoms with Crippen LogP contribution in [0, 0.1) is 0 Å². The van der Waals surface area contributed by atoms with Gasteiger partial charge in [0, 0.05) is 6.54 Å². The fourth-order valence-electron chi connectivity index (χ4n) is 3.29. The van der Waals surface area contributed by atoms with Crippen molar-refractivity contribution in [2.75, 3.05) is 19.6 Å². The lowest BCUT2D eigenvalue weighted by Crippen LogP contribution is -2.40. The highest BCUT2D eigenvalue weighted by Crippen LogP contribution is 2.29. The van der Waals surface area contributed by atoms with Gasteiger partial charge in [0.05, 0.1) is 23.4 Å². The number of hydrogen-bond acceptors (Lipinski definition) is 6. The Balaban J connectivity index is 1.43. The number of nitrogens with zero attached hydrogens (tertiary/aromatic N) is 2. The van der Waals surface area contributed by atoms with Gasteiger partial charge in [-0.15, -0.1) is 22.7 Å². The van der Waals surface area contributed by atoms with Gasteiger partial charge in [0.15, 0.2) is 0 Å². The van der Waals surface area contributed by atoms with Crippen LogP contribution in [0.25, 0.3) is 9.88 Å². The largest absolute Gasteiger partial charge is 0.468 e. The lowest BCUT2D eigenvalue weighted by molar-refractivity contribution is 0.0918. The smallest absolute Gasteiger partial charge is 0.263 e. The third-order valence-electron chi connectivity index (χ3n) is 4.62. The van der Waals surface area contributed by atoms with E-state index < -0.39 is 0 Å². The van der Waals surface area contributed by atoms with E-state index in [9.17, 15) is 4.79 Å². The first kappa shape index (κ1) is 17.5. The SMILES string of the molecule is O=C(NCC(c1ccco1)N1CCCCC1)c1cnc(-c2cccs2)s1. The van der Waals surface area contributed by atoms with Crippen molar-refractivity contribution in [3.05, 3.63) is 52.7 Å². The van der Waals surface area contributed by atoms with Crippen molar-refractivity contribution >= 4 is 28.6 Å². The maximum atomic E-state index is 12.6. The maximum absolute atomic E-state index is 12.6. The Bertz CT molecular complexity index is 821. The molecule has 5 nitrogen and oxygen atoms in total. The normalized spacial score (nSPS) is 16.5. The van der Waals surface area contributed by atoms with Gasteiger partial charge in [-0.1, -0.05) is 12.5 Å². The predicted octanol–water partition coefficient (Wildman–Crippen LogP) is 4.42. The molecule has 1 fully saturated rings. The minimum atomic E-state index is -0.0705. The van der Waals surface area contributed by atoms with Crippen molar-refractivity contribution in [2.24, 2.45) is 0 Å². The summed E-state index contributed by atoms with van der Waals surface area (Å²) in [5.41, 5.74) is 0. The molecule has 1 amide bonds. The molecule has 1 atom stereocenters. The van der Waals surface area contributed by atoms with Crippen LogP contribution in [0.15, 0.2) is 46.5 Å². The number of nitrogens with one attached hydrogen (secondary N) is 1. The van der Waals surface area contributed by atoms with Crippen molar-refractivity contribution in [1.82, 2.24) is 15.2 Å². The Hall–Kier alpha value is -1.96. The molecule has 7 heteroatoms. The number of likely N-dealkylation sites (tertiary alicyclic amines) is 1. The Morgan fingerprint density at radius 3 is 2.88 bits per heavy atom. The molecule has 3 aromatic rings. The van der Waals surface area contributed by atoms with Crippen LogP contribution in [0.2, 0.25) is 0 Å². The van der Waals surface area contributed by atoms with Gasteiger partial charge in [-0.25, -0.2) is 4.98 Å². The molecule has 26 heavy (non-hydrogen) atoms. The number of aromatic nitrogens is 1. The Kier molecular flexibility index (Phi) is 5.48.